The Morgan fingerprint density at radius 1 is 1.24 bits per heavy atom. The predicted octanol–water partition coefficient (Wildman–Crippen LogP) is 2.70. The number of nitrogens with zero attached hydrogens (tertiary/aromatic N) is 2. The smallest absolute Gasteiger partial charge is 0.248 e. The van der Waals surface area contributed by atoms with Gasteiger partial charge in [0.05, 0.1) is 6.20 Å². The molecule has 1 amide bonds. The van der Waals surface area contributed by atoms with Crippen molar-refractivity contribution in [1.29, 1.82) is 5.41 Å². The predicted molar refractivity (Wildman–Crippen MR) is 98.2 cm³/mol. The maximum atomic E-state index is 12.1. The zero-order chi connectivity index (χ0) is 17.6. The molecule has 0 spiro atoms. The van der Waals surface area contributed by atoms with Crippen LogP contribution in [0.4, 0.5) is 11.4 Å². The van der Waals surface area contributed by atoms with E-state index < -0.39 is 0 Å². The summed E-state index contributed by atoms with van der Waals surface area (Å²) in [5, 5.41) is 16.8. The Kier molecular flexibility index (Phi) is 4.66. The zero-order valence-corrected chi connectivity index (χ0v) is 13.2. The molecule has 5 N–H and O–H groups in total. The fraction of sp³-hybridized carbons (Fsp3) is 0. The van der Waals surface area contributed by atoms with Crippen LogP contribution in [-0.2, 0) is 4.79 Å². The first-order valence-corrected chi connectivity index (χ1v) is 7.49. The molecule has 2 heterocycles. The molecule has 0 radical (unpaired) electrons. The zero-order valence-electron chi connectivity index (χ0n) is 13.2. The molecule has 25 heavy (non-hydrogen) atoms. The third-order valence-corrected chi connectivity index (χ3v) is 3.59. The summed E-state index contributed by atoms with van der Waals surface area (Å²) in [6, 6.07) is 6.85. The number of amides is 1. The summed E-state index contributed by atoms with van der Waals surface area (Å²) in [4.78, 5) is 16.2. The summed E-state index contributed by atoms with van der Waals surface area (Å²) in [7, 11) is 0. The lowest BCUT2D eigenvalue weighted by Gasteiger charge is -2.06. The van der Waals surface area contributed by atoms with Gasteiger partial charge in [-0.3, -0.25) is 14.9 Å². The number of nitrogen functional groups attached to an aromatic ring is 1. The molecule has 3 rings (SSSR count). The van der Waals surface area contributed by atoms with Gasteiger partial charge >= 0.3 is 0 Å². The van der Waals surface area contributed by atoms with Crippen LogP contribution in [0, 0.1) is 5.41 Å². The van der Waals surface area contributed by atoms with Crippen molar-refractivity contribution in [1.82, 2.24) is 15.2 Å². The van der Waals surface area contributed by atoms with E-state index in [0.717, 1.165) is 22.9 Å². The molecule has 7 nitrogen and oxygen atoms in total. The van der Waals surface area contributed by atoms with E-state index in [1.54, 1.807) is 49.1 Å². The quantitative estimate of drug-likeness (QED) is 0.326. The Morgan fingerprint density at radius 2 is 2.12 bits per heavy atom. The van der Waals surface area contributed by atoms with Crippen LogP contribution in [-0.4, -0.2) is 27.3 Å². The van der Waals surface area contributed by atoms with Gasteiger partial charge in [0.1, 0.15) is 0 Å². The molecular formula is C18H16N6O. The number of carbonyl (C=O) groups excluding carboxylic acids is 1. The van der Waals surface area contributed by atoms with Crippen molar-refractivity contribution >= 4 is 29.6 Å². The summed E-state index contributed by atoms with van der Waals surface area (Å²) >= 11 is 0. The molecule has 2 aromatic heterocycles. The number of aromatic amines is 1. The lowest BCUT2D eigenvalue weighted by Crippen LogP contribution is -2.08. The highest BCUT2D eigenvalue weighted by atomic mass is 16.1. The summed E-state index contributed by atoms with van der Waals surface area (Å²) in [5.41, 5.74) is 9.99. The number of nitrogens with one attached hydrogen (secondary N) is 3. The molecule has 0 aliphatic carbocycles. The number of aromatic nitrogens is 3. The van der Waals surface area contributed by atoms with Gasteiger partial charge < -0.3 is 16.5 Å². The van der Waals surface area contributed by atoms with Crippen LogP contribution in [0.15, 0.2) is 55.1 Å². The van der Waals surface area contributed by atoms with Crippen molar-refractivity contribution in [2.75, 3.05) is 11.1 Å². The van der Waals surface area contributed by atoms with Crippen LogP contribution in [0.1, 0.15) is 11.1 Å². The first-order chi connectivity index (χ1) is 12.2. The average molecular weight is 332 g/mol. The first-order valence-electron chi connectivity index (χ1n) is 7.49. The molecular weight excluding hydrogens is 316 g/mol. The second kappa shape index (κ2) is 7.22. The molecule has 0 aliphatic rings. The largest absolute Gasteiger partial charge is 0.398 e. The van der Waals surface area contributed by atoms with E-state index in [1.165, 1.54) is 6.08 Å². The van der Waals surface area contributed by atoms with Crippen LogP contribution in [0.5, 0.6) is 0 Å². The van der Waals surface area contributed by atoms with E-state index in [1.807, 2.05) is 6.07 Å². The molecule has 0 saturated heterocycles. The van der Waals surface area contributed by atoms with Gasteiger partial charge in [-0.1, -0.05) is 0 Å². The van der Waals surface area contributed by atoms with Gasteiger partial charge in [-0.25, -0.2) is 0 Å². The second-order valence-corrected chi connectivity index (χ2v) is 5.26. The van der Waals surface area contributed by atoms with Crippen molar-refractivity contribution in [2.45, 2.75) is 0 Å². The highest BCUT2D eigenvalue weighted by Gasteiger charge is 2.05. The standard InChI is InChI=1S/C18H16N6O/c19-8-13-7-15(2-3-17(13)20)24-18(25)4-1-12-9-21-6-5-16(12)14-10-22-23-11-14/h1-11,19H,20H2,(H,22,23)(H,24,25)/b4-1+,19-8?. The number of anilines is 2. The summed E-state index contributed by atoms with van der Waals surface area (Å²) < 4.78 is 0. The van der Waals surface area contributed by atoms with Crippen molar-refractivity contribution < 1.29 is 4.79 Å². The van der Waals surface area contributed by atoms with E-state index in [-0.39, 0.29) is 5.91 Å². The Labute approximate surface area is 144 Å². The minimum atomic E-state index is -0.289. The normalized spacial score (nSPS) is 10.7. The summed E-state index contributed by atoms with van der Waals surface area (Å²) in [6.45, 7) is 0. The number of nitrogens with two attached hydrogens (primary N) is 1. The van der Waals surface area contributed by atoms with Crippen LogP contribution in [0.2, 0.25) is 0 Å². The van der Waals surface area contributed by atoms with Crippen LogP contribution in [0.25, 0.3) is 17.2 Å². The molecule has 7 heteroatoms. The monoisotopic (exact) mass is 332 g/mol. The number of benzene rings is 1. The van der Waals surface area contributed by atoms with Crippen molar-refractivity contribution in [3.8, 4) is 11.1 Å². The van der Waals surface area contributed by atoms with Gasteiger partial charge in [0.2, 0.25) is 5.91 Å². The third-order valence-electron chi connectivity index (χ3n) is 3.59. The fourth-order valence-corrected chi connectivity index (χ4v) is 2.33. The highest BCUT2D eigenvalue weighted by Crippen LogP contribution is 2.22. The average Bonchev–Trinajstić information content (AvgIpc) is 3.16. The summed E-state index contributed by atoms with van der Waals surface area (Å²) in [6.07, 6.45) is 11.1. The Balaban J connectivity index is 1.77. The lowest BCUT2D eigenvalue weighted by atomic mass is 10.0. The van der Waals surface area contributed by atoms with Gasteiger partial charge in [-0.2, -0.15) is 5.10 Å². The number of H-pyrrole nitrogens is 1. The number of hydrogen-bond acceptors (Lipinski definition) is 5. The molecule has 0 atom stereocenters. The molecule has 3 aromatic rings. The SMILES string of the molecule is N=Cc1cc(NC(=O)/C=C/c2cnccc2-c2cn[nH]c2)ccc1N. The van der Waals surface area contributed by atoms with Crippen LogP contribution < -0.4 is 11.1 Å². The van der Waals surface area contributed by atoms with E-state index >= 15 is 0 Å². The summed E-state index contributed by atoms with van der Waals surface area (Å²) in [5.74, 6) is -0.289. The minimum Gasteiger partial charge on any atom is -0.398 e. The van der Waals surface area contributed by atoms with Gasteiger partial charge in [0.15, 0.2) is 0 Å². The molecule has 1 aromatic carbocycles. The fourth-order valence-electron chi connectivity index (χ4n) is 2.33. The number of rotatable bonds is 5. The topological polar surface area (TPSA) is 121 Å². The molecule has 0 aliphatic heterocycles. The van der Waals surface area contributed by atoms with Crippen molar-refractivity contribution in [2.24, 2.45) is 0 Å². The van der Waals surface area contributed by atoms with Crippen molar-refractivity contribution in [3.05, 3.63) is 66.3 Å². The van der Waals surface area contributed by atoms with E-state index in [0.29, 0.717) is 16.9 Å². The van der Waals surface area contributed by atoms with Crippen molar-refractivity contribution in [3.63, 3.8) is 0 Å². The molecule has 124 valence electrons. The maximum absolute atomic E-state index is 12.1. The van der Waals surface area contributed by atoms with Gasteiger partial charge in [0, 0.05) is 58.9 Å². The second-order valence-electron chi connectivity index (χ2n) is 5.26. The van der Waals surface area contributed by atoms with E-state index in [9.17, 15) is 4.79 Å². The highest BCUT2D eigenvalue weighted by molar-refractivity contribution is 6.03. The van der Waals surface area contributed by atoms with E-state index in [4.69, 9.17) is 11.1 Å². The Hall–Kier alpha value is -3.74. The van der Waals surface area contributed by atoms with Crippen LogP contribution >= 0.6 is 0 Å². The van der Waals surface area contributed by atoms with E-state index in [2.05, 4.69) is 20.5 Å². The maximum Gasteiger partial charge on any atom is 0.248 e. The number of hydrogen-bond donors (Lipinski definition) is 4. The van der Waals surface area contributed by atoms with Gasteiger partial charge in [0.25, 0.3) is 0 Å². The number of pyridine rings is 1. The third kappa shape index (κ3) is 3.78. The molecule has 0 unspecified atom stereocenters. The minimum absolute atomic E-state index is 0.289. The lowest BCUT2D eigenvalue weighted by molar-refractivity contribution is -0.111. The van der Waals surface area contributed by atoms with Crippen LogP contribution in [0.3, 0.4) is 0 Å². The van der Waals surface area contributed by atoms with Gasteiger partial charge in [-0.15, -0.1) is 0 Å². The Bertz CT molecular complexity index is 930. The molecule has 0 saturated carbocycles. The Morgan fingerprint density at radius 3 is 2.88 bits per heavy atom. The molecule has 0 bridgehead atoms. The van der Waals surface area contributed by atoms with Gasteiger partial charge in [-0.05, 0) is 35.9 Å². The number of carbonyl (C=O) groups is 1. The first kappa shape index (κ1) is 16.1. The molecule has 0 fully saturated rings.